The molecule has 1 heteroatoms. The van der Waals surface area contributed by atoms with Crippen LogP contribution in [0.4, 0.5) is 0 Å². The first kappa shape index (κ1) is 11.5. The van der Waals surface area contributed by atoms with Crippen LogP contribution in [-0.2, 0) is 4.79 Å². The van der Waals surface area contributed by atoms with Gasteiger partial charge in [-0.2, -0.15) is 0 Å². The molecule has 0 aromatic heterocycles. The Hall–Kier alpha value is -0.590. The van der Waals surface area contributed by atoms with Crippen molar-refractivity contribution in [3.63, 3.8) is 0 Å². The molecule has 0 N–H and O–H groups in total. The number of hydrogen-bond acceptors (Lipinski definition) is 1. The Bertz CT molecular complexity index is 205. The molecular formula is C13H22O. The van der Waals surface area contributed by atoms with Gasteiger partial charge in [-0.25, -0.2) is 0 Å². The summed E-state index contributed by atoms with van der Waals surface area (Å²) in [6.45, 7) is 3.97. The van der Waals surface area contributed by atoms with E-state index in [0.717, 1.165) is 24.3 Å². The van der Waals surface area contributed by atoms with Crippen molar-refractivity contribution >= 4 is 5.78 Å². The monoisotopic (exact) mass is 194 g/mol. The Morgan fingerprint density at radius 3 is 2.43 bits per heavy atom. The summed E-state index contributed by atoms with van der Waals surface area (Å²) < 4.78 is 0. The third kappa shape index (κ3) is 4.59. The van der Waals surface area contributed by atoms with Gasteiger partial charge in [0, 0.05) is 6.42 Å². The van der Waals surface area contributed by atoms with Crippen molar-refractivity contribution in [2.45, 2.75) is 58.8 Å². The SMILES string of the molecule is CC(C)=CC(=O)CCC1CCCCC1. The predicted octanol–water partition coefficient (Wildman–Crippen LogP) is 3.88. The molecule has 0 bridgehead atoms. The summed E-state index contributed by atoms with van der Waals surface area (Å²) in [7, 11) is 0. The number of ketones is 1. The second-order valence-corrected chi connectivity index (χ2v) is 4.73. The number of carbonyl (C=O) groups excluding carboxylic acids is 1. The van der Waals surface area contributed by atoms with Crippen LogP contribution in [0.25, 0.3) is 0 Å². The van der Waals surface area contributed by atoms with E-state index in [-0.39, 0.29) is 0 Å². The van der Waals surface area contributed by atoms with Gasteiger partial charge in [0.1, 0.15) is 0 Å². The molecule has 0 spiro atoms. The Labute approximate surface area is 87.6 Å². The van der Waals surface area contributed by atoms with Gasteiger partial charge in [-0.3, -0.25) is 4.79 Å². The van der Waals surface area contributed by atoms with E-state index < -0.39 is 0 Å². The molecule has 1 rings (SSSR count). The third-order valence-corrected chi connectivity index (χ3v) is 2.97. The van der Waals surface area contributed by atoms with E-state index in [2.05, 4.69) is 0 Å². The van der Waals surface area contributed by atoms with E-state index in [1.165, 1.54) is 32.1 Å². The van der Waals surface area contributed by atoms with Crippen LogP contribution in [0.2, 0.25) is 0 Å². The lowest BCUT2D eigenvalue weighted by atomic mass is 9.85. The van der Waals surface area contributed by atoms with Crippen LogP contribution >= 0.6 is 0 Å². The maximum absolute atomic E-state index is 11.4. The van der Waals surface area contributed by atoms with E-state index >= 15 is 0 Å². The topological polar surface area (TPSA) is 17.1 Å². The summed E-state index contributed by atoms with van der Waals surface area (Å²) >= 11 is 0. The highest BCUT2D eigenvalue weighted by Gasteiger charge is 2.13. The van der Waals surface area contributed by atoms with Crippen molar-refractivity contribution in [3.05, 3.63) is 11.6 Å². The van der Waals surface area contributed by atoms with Gasteiger partial charge >= 0.3 is 0 Å². The molecule has 0 saturated heterocycles. The van der Waals surface area contributed by atoms with Gasteiger partial charge in [0.15, 0.2) is 5.78 Å². The van der Waals surface area contributed by atoms with Crippen LogP contribution in [-0.4, -0.2) is 5.78 Å². The first-order valence-electron chi connectivity index (χ1n) is 5.86. The van der Waals surface area contributed by atoms with E-state index in [4.69, 9.17) is 0 Å². The van der Waals surface area contributed by atoms with E-state index in [1.54, 1.807) is 6.08 Å². The van der Waals surface area contributed by atoms with Crippen molar-refractivity contribution in [2.75, 3.05) is 0 Å². The van der Waals surface area contributed by atoms with Crippen LogP contribution in [0.5, 0.6) is 0 Å². The quantitative estimate of drug-likeness (QED) is 0.621. The molecule has 1 fully saturated rings. The zero-order chi connectivity index (χ0) is 10.4. The summed E-state index contributed by atoms with van der Waals surface area (Å²) in [4.78, 5) is 11.4. The molecule has 0 aliphatic heterocycles. The van der Waals surface area contributed by atoms with Gasteiger partial charge in [-0.15, -0.1) is 0 Å². The number of rotatable bonds is 4. The average Bonchev–Trinajstić information content (AvgIpc) is 2.15. The predicted molar refractivity (Wildman–Crippen MR) is 60.2 cm³/mol. The summed E-state index contributed by atoms with van der Waals surface area (Å²) in [6, 6.07) is 0. The highest BCUT2D eigenvalue weighted by Crippen LogP contribution is 2.27. The molecule has 0 aromatic carbocycles. The molecule has 14 heavy (non-hydrogen) atoms. The van der Waals surface area contributed by atoms with Crippen LogP contribution < -0.4 is 0 Å². The lowest BCUT2D eigenvalue weighted by molar-refractivity contribution is -0.115. The van der Waals surface area contributed by atoms with E-state index in [1.807, 2.05) is 13.8 Å². The largest absolute Gasteiger partial charge is 0.295 e. The summed E-state index contributed by atoms with van der Waals surface area (Å²) in [5.74, 6) is 1.15. The van der Waals surface area contributed by atoms with Gasteiger partial charge in [0.2, 0.25) is 0 Å². The standard InChI is InChI=1S/C13H22O/c1-11(2)10-13(14)9-8-12-6-4-3-5-7-12/h10,12H,3-9H2,1-2H3. The molecule has 0 atom stereocenters. The van der Waals surface area contributed by atoms with Crippen LogP contribution in [0.3, 0.4) is 0 Å². The number of carbonyl (C=O) groups is 1. The zero-order valence-electron chi connectivity index (χ0n) is 9.51. The van der Waals surface area contributed by atoms with Crippen molar-refractivity contribution in [1.29, 1.82) is 0 Å². The van der Waals surface area contributed by atoms with E-state index in [0.29, 0.717) is 5.78 Å². The summed E-state index contributed by atoms with van der Waals surface area (Å²) in [5, 5.41) is 0. The Balaban J connectivity index is 2.19. The molecule has 0 unspecified atom stereocenters. The summed E-state index contributed by atoms with van der Waals surface area (Å²) in [6.07, 6.45) is 10.5. The fourth-order valence-corrected chi connectivity index (χ4v) is 2.22. The van der Waals surface area contributed by atoms with Crippen molar-refractivity contribution in [2.24, 2.45) is 5.92 Å². The molecule has 0 amide bonds. The van der Waals surface area contributed by atoms with Crippen LogP contribution in [0, 0.1) is 5.92 Å². The minimum absolute atomic E-state index is 0.315. The first-order chi connectivity index (χ1) is 6.68. The molecular weight excluding hydrogens is 172 g/mol. The summed E-state index contributed by atoms with van der Waals surface area (Å²) in [5.41, 5.74) is 1.12. The molecule has 80 valence electrons. The van der Waals surface area contributed by atoms with E-state index in [9.17, 15) is 4.79 Å². The van der Waals surface area contributed by atoms with Gasteiger partial charge < -0.3 is 0 Å². The van der Waals surface area contributed by atoms with Crippen molar-refractivity contribution in [3.8, 4) is 0 Å². The Morgan fingerprint density at radius 2 is 1.86 bits per heavy atom. The van der Waals surface area contributed by atoms with Crippen LogP contribution in [0.1, 0.15) is 58.8 Å². The fraction of sp³-hybridized carbons (Fsp3) is 0.769. The Morgan fingerprint density at radius 1 is 1.21 bits per heavy atom. The van der Waals surface area contributed by atoms with Gasteiger partial charge in [0.25, 0.3) is 0 Å². The highest BCUT2D eigenvalue weighted by molar-refractivity contribution is 5.90. The second kappa shape index (κ2) is 6.00. The van der Waals surface area contributed by atoms with Gasteiger partial charge in [-0.1, -0.05) is 37.7 Å². The number of allylic oxidation sites excluding steroid dienone is 2. The highest BCUT2D eigenvalue weighted by atomic mass is 16.1. The van der Waals surface area contributed by atoms with Crippen LogP contribution in [0.15, 0.2) is 11.6 Å². The molecule has 1 aliphatic rings. The maximum Gasteiger partial charge on any atom is 0.155 e. The molecule has 0 aromatic rings. The maximum atomic E-state index is 11.4. The molecule has 0 radical (unpaired) electrons. The third-order valence-electron chi connectivity index (χ3n) is 2.97. The van der Waals surface area contributed by atoms with Gasteiger partial charge in [-0.05, 0) is 32.3 Å². The van der Waals surface area contributed by atoms with Gasteiger partial charge in [0.05, 0.1) is 0 Å². The lowest BCUT2D eigenvalue weighted by Crippen LogP contribution is -2.08. The zero-order valence-corrected chi connectivity index (χ0v) is 9.51. The number of hydrogen-bond donors (Lipinski definition) is 0. The molecule has 1 saturated carbocycles. The average molecular weight is 194 g/mol. The van der Waals surface area contributed by atoms with Crippen molar-refractivity contribution in [1.82, 2.24) is 0 Å². The minimum atomic E-state index is 0.315. The second-order valence-electron chi connectivity index (χ2n) is 4.73. The minimum Gasteiger partial charge on any atom is -0.295 e. The van der Waals surface area contributed by atoms with Crippen molar-refractivity contribution < 1.29 is 4.79 Å². The normalized spacial score (nSPS) is 17.9. The first-order valence-corrected chi connectivity index (χ1v) is 5.86. The smallest absolute Gasteiger partial charge is 0.155 e. The fourth-order valence-electron chi connectivity index (χ4n) is 2.22. The Kier molecular flexibility index (Phi) is 4.92. The lowest BCUT2D eigenvalue weighted by Gasteiger charge is -2.20. The molecule has 1 nitrogen and oxygen atoms in total. The molecule has 1 aliphatic carbocycles. The molecule has 0 heterocycles.